The average molecular weight is 1320 g/mol. The lowest BCUT2D eigenvalue weighted by Crippen LogP contribution is -2.36. The van der Waals surface area contributed by atoms with Crippen molar-refractivity contribution < 1.29 is 106 Å². The van der Waals surface area contributed by atoms with Gasteiger partial charge in [-0.05, 0) is 55.0 Å². The number of fused-ring (bicyclic) bond motifs is 2. The number of phosphoric ester groups is 1. The summed E-state index contributed by atoms with van der Waals surface area (Å²) in [5.41, 5.74) is 9.56. The van der Waals surface area contributed by atoms with Gasteiger partial charge in [-0.25, -0.2) is 23.3 Å². The van der Waals surface area contributed by atoms with Crippen molar-refractivity contribution in [1.29, 1.82) is 0 Å². The smallest absolute Gasteiger partial charge is 0.478 e. The number of carboxylic acid groups (broad SMARTS) is 1. The largest absolute Gasteiger partial charge is 0.490 e. The number of nitrogen functional groups attached to an aromatic ring is 2. The van der Waals surface area contributed by atoms with Crippen LogP contribution in [0.25, 0.3) is 12.2 Å². The van der Waals surface area contributed by atoms with Gasteiger partial charge in [0.2, 0.25) is 0 Å². The zero-order valence-electron chi connectivity index (χ0n) is 43.2. The van der Waals surface area contributed by atoms with Crippen LogP contribution < -0.4 is 37.6 Å². The first-order valence-electron chi connectivity index (χ1n) is 23.0. The highest BCUT2D eigenvalue weighted by Crippen LogP contribution is 2.66. The number of carboxylic acids is 1. The van der Waals surface area contributed by atoms with Gasteiger partial charge in [-0.2, -0.15) is 30.4 Å². The van der Waals surface area contributed by atoms with Crippen LogP contribution in [0.4, 0.5) is 11.5 Å². The number of ether oxygens (including phenoxy) is 4. The van der Waals surface area contributed by atoms with Crippen LogP contribution >= 0.6 is 66.6 Å². The third-order valence-electron chi connectivity index (χ3n) is 10.8. The molecule has 0 radical (unpaired) electrons. The van der Waals surface area contributed by atoms with Gasteiger partial charge >= 0.3 is 35.1 Å². The number of hydrogen-bond donors (Lipinski definition) is 10. The molecule has 0 bridgehead atoms. The monoisotopic (exact) mass is 1320 g/mol. The molecule has 3 aromatic carbocycles. The second kappa shape index (κ2) is 26.1. The van der Waals surface area contributed by atoms with E-state index in [1.54, 1.807) is 13.8 Å². The zero-order valence-corrected chi connectivity index (χ0v) is 50.8. The fourth-order valence-electron chi connectivity index (χ4n) is 7.58. The van der Waals surface area contributed by atoms with E-state index < -0.39 is 124 Å². The maximum absolute atomic E-state index is 13.6. The summed E-state index contributed by atoms with van der Waals surface area (Å²) in [6.07, 6.45) is -2.17. The van der Waals surface area contributed by atoms with E-state index in [1.807, 2.05) is 20.8 Å². The number of rotatable bonds is 24. The predicted molar refractivity (Wildman–Crippen MR) is 302 cm³/mol. The van der Waals surface area contributed by atoms with Crippen molar-refractivity contribution in [2.75, 3.05) is 43.1 Å². The number of benzene rings is 3. The number of aromatic carboxylic acids is 1. The Labute approximate surface area is 483 Å². The van der Waals surface area contributed by atoms with Gasteiger partial charge < -0.3 is 60.4 Å². The molecule has 4 aromatic rings. The van der Waals surface area contributed by atoms with Gasteiger partial charge in [0.05, 0.1) is 29.5 Å². The van der Waals surface area contributed by atoms with Crippen LogP contribution in [-0.4, -0.2) is 125 Å². The van der Waals surface area contributed by atoms with Crippen LogP contribution in [0.5, 0.6) is 11.5 Å². The Balaban J connectivity index is 1.09. The Bertz CT molecular complexity index is 3810. The molecule has 0 spiro atoms. The lowest BCUT2D eigenvalue weighted by molar-refractivity contribution is -0.0543. The van der Waals surface area contributed by atoms with Crippen molar-refractivity contribution in [3.8, 4) is 23.3 Å². The number of carbonyl (C=O) groups excluding carboxylic acids is 1. The van der Waals surface area contributed by atoms with Crippen LogP contribution in [-0.2, 0) is 61.3 Å². The fourth-order valence-corrected chi connectivity index (χ4v) is 16.3. The van der Waals surface area contributed by atoms with Gasteiger partial charge in [0.15, 0.2) is 16.4 Å². The molecule has 5 atom stereocenters. The Hall–Kier alpha value is -4.31. The summed E-state index contributed by atoms with van der Waals surface area (Å²) >= 11 is 0. The van der Waals surface area contributed by atoms with Crippen molar-refractivity contribution in [3.63, 3.8) is 0 Å². The van der Waals surface area contributed by atoms with E-state index in [4.69, 9.17) is 44.7 Å². The molecule has 2 aliphatic rings. The Morgan fingerprint density at radius 1 is 0.902 bits per heavy atom. The summed E-state index contributed by atoms with van der Waals surface area (Å²) in [5, 5.41) is 12.8. The Morgan fingerprint density at radius 2 is 1.56 bits per heavy atom. The van der Waals surface area contributed by atoms with Crippen LogP contribution in [0, 0.1) is 11.8 Å². The standard InChI is InChI=1S/C44H52N5O24P3S6/c1-23-9-11-27-34(28-13-14-30(45)38(82(64,65)66)36(28)71-35(27)37(23)81(61,62)63)26-12-10-24(16-29(26)41(51)52)40(50)47-20-44(5,6)80-77-21-67-15-7-8-25-18-49(42(53)48-39(25)46)33-17-31(68-22-78-79-43(2,3)4)32(70-33)19-69-75(57,58)73-76(59,60)72-74(54,55)56/h9-14,16,18,31-33H,1,15,17,19-22,45H2,2-6H3,(H,47,50)(H,51,52)(H,57,58)(H,59,60)(H2,46,48,53)(H2,54,55,56)(H,61,62,63)(H,64,65,66)/t31-,32-,33-/m1/s1. The molecule has 1 amide bonds. The van der Waals surface area contributed by atoms with Gasteiger partial charge in [-0.1, -0.05) is 94.5 Å². The number of carbonyl (C=O) groups is 2. The first-order chi connectivity index (χ1) is 37.8. The number of aromatic nitrogens is 2. The second-order valence-electron chi connectivity index (χ2n) is 18.8. The summed E-state index contributed by atoms with van der Waals surface area (Å²) in [4.78, 5) is 78.8. The molecule has 2 unspecified atom stereocenters. The highest BCUT2D eigenvalue weighted by atomic mass is 33.1. The van der Waals surface area contributed by atoms with Crippen molar-refractivity contribution in [2.24, 2.45) is 0 Å². The van der Waals surface area contributed by atoms with Gasteiger partial charge in [-0.15, -0.1) is 0 Å². The third-order valence-corrected chi connectivity index (χ3v) is 22.5. The lowest BCUT2D eigenvalue weighted by Gasteiger charge is -2.25. The van der Waals surface area contributed by atoms with E-state index >= 15 is 0 Å². The van der Waals surface area contributed by atoms with Crippen LogP contribution in [0.3, 0.4) is 0 Å². The molecule has 82 heavy (non-hydrogen) atoms. The summed E-state index contributed by atoms with van der Waals surface area (Å²) in [7, 11) is -22.0. The molecule has 12 N–H and O–H groups in total. The molecule has 3 heterocycles. The van der Waals surface area contributed by atoms with Crippen molar-refractivity contribution >= 4 is 122 Å². The van der Waals surface area contributed by atoms with Gasteiger partial charge in [0, 0.05) is 50.6 Å². The molecule has 0 saturated carbocycles. The lowest BCUT2D eigenvalue weighted by atomic mass is 9.88. The minimum atomic E-state index is -5.82. The molecule has 1 fully saturated rings. The molecule has 6 rings (SSSR count). The maximum atomic E-state index is 13.6. The highest BCUT2D eigenvalue weighted by Gasteiger charge is 2.44. The van der Waals surface area contributed by atoms with E-state index in [0.717, 1.165) is 16.7 Å². The highest BCUT2D eigenvalue weighted by molar-refractivity contribution is 8.77. The molecule has 0 aliphatic carbocycles. The van der Waals surface area contributed by atoms with Crippen molar-refractivity contribution in [3.05, 3.63) is 97.4 Å². The van der Waals surface area contributed by atoms with E-state index in [9.17, 15) is 68.9 Å². The Morgan fingerprint density at radius 3 is 2.20 bits per heavy atom. The van der Waals surface area contributed by atoms with Crippen LogP contribution in [0.1, 0.15) is 84.7 Å². The van der Waals surface area contributed by atoms with E-state index in [-0.39, 0.29) is 80.3 Å². The summed E-state index contributed by atoms with van der Waals surface area (Å²) < 4.78 is 142. The minimum Gasteiger partial charge on any atom is -0.478 e. The van der Waals surface area contributed by atoms with E-state index in [1.165, 1.54) is 79.7 Å². The Kier molecular flexibility index (Phi) is 21.3. The topological polar surface area (TPSA) is 459 Å². The van der Waals surface area contributed by atoms with Gasteiger partial charge in [0.1, 0.15) is 41.5 Å². The molecule has 2 aliphatic heterocycles. The first-order valence-corrected chi connectivity index (χ1v) is 35.0. The maximum Gasteiger partial charge on any atom is 0.490 e. The van der Waals surface area contributed by atoms with E-state index in [2.05, 4.69) is 37.3 Å². The van der Waals surface area contributed by atoms with Crippen molar-refractivity contribution in [2.45, 2.75) is 78.8 Å². The number of anilines is 2. The molecular formula is C44H52N5O24P3S6. The summed E-state index contributed by atoms with van der Waals surface area (Å²) in [6, 6.07) is 8.40. The summed E-state index contributed by atoms with van der Waals surface area (Å²) in [6.45, 7) is 12.1. The molecule has 1 saturated heterocycles. The quantitative estimate of drug-likeness (QED) is 0.00776. The molecule has 448 valence electrons. The predicted octanol–water partition coefficient (Wildman–Crippen LogP) is 4.43. The molecular weight excluding hydrogens is 1270 g/mol. The third kappa shape index (κ3) is 17.9. The fraction of sp³-hybridized carbons (Fsp3) is 0.364. The second-order valence-corrected chi connectivity index (χ2v) is 32.0. The number of nitrogens with one attached hydrogen (secondary N) is 1. The van der Waals surface area contributed by atoms with E-state index in [0.29, 0.717) is 0 Å². The number of nitrogens with zero attached hydrogens (tertiary/aromatic N) is 2. The number of nitrogens with two attached hydrogens (primary N) is 2. The van der Waals surface area contributed by atoms with Crippen molar-refractivity contribution in [1.82, 2.24) is 14.9 Å². The van der Waals surface area contributed by atoms with Gasteiger partial charge in [-0.3, -0.25) is 23.0 Å². The van der Waals surface area contributed by atoms with Crippen LogP contribution in [0.15, 0.2) is 63.2 Å². The van der Waals surface area contributed by atoms with Gasteiger partial charge in [0.25, 0.3) is 26.1 Å². The number of phosphoric acid groups is 3. The van der Waals surface area contributed by atoms with Crippen LogP contribution in [0.2, 0.25) is 0 Å². The first kappa shape index (κ1) is 66.8. The number of hydrogen-bond acceptors (Lipinski definition) is 24. The normalized spacial score (nSPS) is 18.0. The number of amides is 1. The average Bonchev–Trinajstić information content (AvgIpc) is 3.90. The molecule has 29 nitrogen and oxygen atoms in total. The zero-order chi connectivity index (χ0) is 61.1. The summed E-state index contributed by atoms with van der Waals surface area (Å²) in [5.74, 6) is 1.83. The molecule has 1 aromatic heterocycles. The minimum absolute atomic E-state index is 0.0396. The SMILES string of the molecule is C=c1ccc2c(c1S(=O)(=O)O)Oc1c(ccc(N)c1S(=O)(=O)O)C=2c1ccc(C(=O)NCC(C)(C)SSCOCC#Cc2cn([C@H]3C[C@@H](OCSSC(C)(C)C)[C@@H](COP(=O)(O)OP(=O)(O)OP(=O)(O)O)O3)c(=O)nc2N)cc1C(=O)O. The molecule has 38 heteroatoms.